The summed E-state index contributed by atoms with van der Waals surface area (Å²) in [4.78, 5) is 36.3. The number of piperidine rings is 1. The largest absolute Gasteiger partial charge is 0.481 e. The van der Waals surface area contributed by atoms with Gasteiger partial charge in [0, 0.05) is 26.1 Å². The van der Waals surface area contributed by atoms with E-state index in [1.54, 1.807) is 0 Å². The molecule has 1 aromatic carbocycles. The third kappa shape index (κ3) is 7.45. The minimum Gasteiger partial charge on any atom is -0.481 e. The molecular formula is C24H34N2O10. The number of hydrogen-bond acceptors (Lipinski definition) is 9. The number of carboxylic acid groups (broad SMARTS) is 2. The molecule has 6 atom stereocenters. The van der Waals surface area contributed by atoms with E-state index in [1.165, 1.54) is 0 Å². The number of carboxylic acids is 2. The van der Waals surface area contributed by atoms with Crippen LogP contribution in [0.25, 0.3) is 0 Å². The summed E-state index contributed by atoms with van der Waals surface area (Å²) in [6, 6.07) is 8.00. The fraction of sp³-hybridized carbons (Fsp3) is 0.625. The number of likely N-dealkylation sites (tertiary alicyclic amines) is 1. The van der Waals surface area contributed by atoms with Crippen LogP contribution in [-0.4, -0.2) is 115 Å². The lowest BCUT2D eigenvalue weighted by Gasteiger charge is -2.44. The molecular weight excluding hydrogens is 476 g/mol. The Labute approximate surface area is 208 Å². The highest BCUT2D eigenvalue weighted by Gasteiger charge is 2.45. The van der Waals surface area contributed by atoms with Gasteiger partial charge < -0.3 is 45.6 Å². The highest BCUT2D eigenvalue weighted by Crippen LogP contribution is 2.29. The quantitative estimate of drug-likeness (QED) is 0.190. The van der Waals surface area contributed by atoms with E-state index < -0.39 is 72.9 Å². The predicted molar refractivity (Wildman–Crippen MR) is 124 cm³/mol. The lowest BCUT2D eigenvalue weighted by atomic mass is 9.85. The zero-order chi connectivity index (χ0) is 26.5. The molecule has 3 rings (SSSR count). The average molecular weight is 511 g/mol. The number of aliphatic hydroxyl groups is 4. The van der Waals surface area contributed by atoms with Crippen molar-refractivity contribution < 1.29 is 49.8 Å². The molecule has 2 aliphatic heterocycles. The number of nitrogens with one attached hydrogen (secondary N) is 1. The maximum absolute atomic E-state index is 12.3. The molecule has 2 saturated heterocycles. The maximum Gasteiger partial charge on any atom is 0.326 e. The topological polar surface area (TPSA) is 197 Å². The zero-order valence-corrected chi connectivity index (χ0v) is 19.8. The minimum absolute atomic E-state index is 0.182. The SMILES string of the molecule is O=C(O)C[C@H](NC(=O)C[C@@H]1O[C@H](CN2CCC(O)(Cc3ccccc3)CC2)[C@@H](O)[C@H](O)[C@@H]1O)C(=O)O. The molecule has 2 fully saturated rings. The first-order valence-corrected chi connectivity index (χ1v) is 11.9. The van der Waals surface area contributed by atoms with Crippen LogP contribution >= 0.6 is 0 Å². The van der Waals surface area contributed by atoms with Gasteiger partial charge >= 0.3 is 11.9 Å². The summed E-state index contributed by atoms with van der Waals surface area (Å²) in [7, 11) is 0. The number of aliphatic hydroxyl groups excluding tert-OH is 3. The van der Waals surface area contributed by atoms with Crippen LogP contribution < -0.4 is 5.32 Å². The van der Waals surface area contributed by atoms with Crippen LogP contribution in [0, 0.1) is 0 Å². The first-order chi connectivity index (χ1) is 17.0. The lowest BCUT2D eigenvalue weighted by molar-refractivity contribution is -0.227. The van der Waals surface area contributed by atoms with Gasteiger partial charge in [0.05, 0.1) is 30.7 Å². The van der Waals surface area contributed by atoms with E-state index in [4.69, 9.17) is 14.9 Å². The summed E-state index contributed by atoms with van der Waals surface area (Å²) >= 11 is 0. The third-order valence-corrected chi connectivity index (χ3v) is 6.81. The highest BCUT2D eigenvalue weighted by atomic mass is 16.5. The van der Waals surface area contributed by atoms with Crippen molar-refractivity contribution in [3.63, 3.8) is 0 Å². The van der Waals surface area contributed by atoms with Gasteiger partial charge in [-0.05, 0) is 18.4 Å². The fourth-order valence-corrected chi connectivity index (χ4v) is 4.72. The van der Waals surface area contributed by atoms with Crippen molar-refractivity contribution >= 4 is 17.8 Å². The molecule has 12 nitrogen and oxygen atoms in total. The molecule has 1 aromatic rings. The highest BCUT2D eigenvalue weighted by molar-refractivity contribution is 5.87. The summed E-state index contributed by atoms with van der Waals surface area (Å²) in [5.41, 5.74) is 0.169. The number of nitrogens with zero attached hydrogens (tertiary/aromatic N) is 1. The Morgan fingerprint density at radius 3 is 2.19 bits per heavy atom. The number of carbonyl (C=O) groups excluding carboxylic acids is 1. The van der Waals surface area contributed by atoms with Crippen molar-refractivity contribution in [3.05, 3.63) is 35.9 Å². The van der Waals surface area contributed by atoms with Gasteiger partial charge in [-0.25, -0.2) is 4.79 Å². The van der Waals surface area contributed by atoms with E-state index in [1.807, 2.05) is 35.2 Å². The van der Waals surface area contributed by atoms with Gasteiger partial charge in [0.1, 0.15) is 24.4 Å². The van der Waals surface area contributed by atoms with Gasteiger partial charge in [-0.15, -0.1) is 0 Å². The van der Waals surface area contributed by atoms with Crippen molar-refractivity contribution in [1.82, 2.24) is 10.2 Å². The molecule has 7 N–H and O–H groups in total. The van der Waals surface area contributed by atoms with Crippen LogP contribution in [0.1, 0.15) is 31.2 Å². The number of hydrogen-bond donors (Lipinski definition) is 7. The average Bonchev–Trinajstić information content (AvgIpc) is 2.82. The Kier molecular flexibility index (Phi) is 9.39. The summed E-state index contributed by atoms with van der Waals surface area (Å²) in [5.74, 6) is -3.81. The summed E-state index contributed by atoms with van der Waals surface area (Å²) in [6.45, 7) is 1.20. The van der Waals surface area contributed by atoms with Gasteiger partial charge in [-0.3, -0.25) is 9.59 Å². The number of carbonyl (C=O) groups is 3. The van der Waals surface area contributed by atoms with E-state index >= 15 is 0 Å². The van der Waals surface area contributed by atoms with E-state index in [0.29, 0.717) is 32.4 Å². The van der Waals surface area contributed by atoms with E-state index in [0.717, 1.165) is 5.56 Å². The van der Waals surface area contributed by atoms with E-state index in [9.17, 15) is 34.8 Å². The van der Waals surface area contributed by atoms with Crippen molar-refractivity contribution in [2.75, 3.05) is 19.6 Å². The normalized spacial score (nSPS) is 29.3. The fourth-order valence-electron chi connectivity index (χ4n) is 4.72. The monoisotopic (exact) mass is 510 g/mol. The summed E-state index contributed by atoms with van der Waals surface area (Å²) in [5, 5.41) is 62.0. The Balaban J connectivity index is 1.55. The molecule has 2 aliphatic rings. The van der Waals surface area contributed by atoms with E-state index in [2.05, 4.69) is 5.32 Å². The van der Waals surface area contributed by atoms with Crippen molar-refractivity contribution in [2.24, 2.45) is 0 Å². The summed E-state index contributed by atoms with van der Waals surface area (Å²) < 4.78 is 5.74. The standard InChI is InChI=1S/C24H34N2O10/c27-18(25-15(23(33)34)10-19(28)29)11-16-20(30)22(32)21(31)17(36-16)13-26-8-6-24(35,7-9-26)12-14-4-2-1-3-5-14/h1-5,15-17,20-22,30-32,35H,6-13H2,(H,25,27)(H,28,29)(H,33,34)/t15-,16-,17+,20+,21+,22+/m0/s1. The van der Waals surface area contributed by atoms with Crippen LogP contribution in [0.15, 0.2) is 30.3 Å². The zero-order valence-electron chi connectivity index (χ0n) is 19.8. The molecule has 0 unspecified atom stereocenters. The molecule has 0 bridgehead atoms. The van der Waals surface area contributed by atoms with Gasteiger partial charge in [0.15, 0.2) is 0 Å². The lowest BCUT2D eigenvalue weighted by Crippen LogP contribution is -2.61. The molecule has 12 heteroatoms. The number of benzene rings is 1. The Morgan fingerprint density at radius 1 is 1.00 bits per heavy atom. The van der Waals surface area contributed by atoms with Gasteiger partial charge in [-0.1, -0.05) is 30.3 Å². The van der Waals surface area contributed by atoms with Crippen molar-refractivity contribution in [2.45, 2.75) is 74.3 Å². The molecule has 200 valence electrons. The van der Waals surface area contributed by atoms with Gasteiger partial charge in [0.25, 0.3) is 0 Å². The third-order valence-electron chi connectivity index (χ3n) is 6.81. The second-order valence-corrected chi connectivity index (χ2v) is 9.63. The van der Waals surface area contributed by atoms with Crippen LogP contribution in [0.2, 0.25) is 0 Å². The minimum atomic E-state index is -1.66. The maximum atomic E-state index is 12.3. The molecule has 0 aromatic heterocycles. The van der Waals surface area contributed by atoms with Crippen molar-refractivity contribution in [1.29, 1.82) is 0 Å². The van der Waals surface area contributed by atoms with Crippen LogP contribution in [0.4, 0.5) is 0 Å². The van der Waals surface area contributed by atoms with Crippen LogP contribution in [0.3, 0.4) is 0 Å². The Bertz CT molecular complexity index is 905. The molecule has 36 heavy (non-hydrogen) atoms. The first-order valence-electron chi connectivity index (χ1n) is 11.9. The first kappa shape index (κ1) is 28.0. The molecule has 1 amide bonds. The number of rotatable bonds is 10. The van der Waals surface area contributed by atoms with Crippen LogP contribution in [0.5, 0.6) is 0 Å². The molecule has 0 saturated carbocycles. The Morgan fingerprint density at radius 2 is 1.61 bits per heavy atom. The molecule has 2 heterocycles. The molecule has 0 aliphatic carbocycles. The van der Waals surface area contributed by atoms with Crippen LogP contribution in [-0.2, 0) is 25.5 Å². The second kappa shape index (κ2) is 12.1. The Hall–Kier alpha value is -2.61. The van der Waals surface area contributed by atoms with Crippen molar-refractivity contribution in [3.8, 4) is 0 Å². The molecule has 0 spiro atoms. The number of amides is 1. The van der Waals surface area contributed by atoms with Gasteiger partial charge in [0.2, 0.25) is 5.91 Å². The van der Waals surface area contributed by atoms with Gasteiger partial charge in [-0.2, -0.15) is 0 Å². The smallest absolute Gasteiger partial charge is 0.326 e. The second-order valence-electron chi connectivity index (χ2n) is 9.63. The summed E-state index contributed by atoms with van der Waals surface area (Å²) in [6.07, 6.45) is -6.70. The molecule has 0 radical (unpaired) electrons. The number of ether oxygens (including phenoxy) is 1. The van der Waals surface area contributed by atoms with E-state index in [-0.39, 0.29) is 6.54 Å². The number of aliphatic carboxylic acids is 2. The predicted octanol–water partition coefficient (Wildman–Crippen LogP) is -1.66.